The van der Waals surface area contributed by atoms with Gasteiger partial charge in [0.05, 0.1) is 0 Å². The first-order valence-corrected chi connectivity index (χ1v) is 4.77. The van der Waals surface area contributed by atoms with Gasteiger partial charge in [-0.25, -0.2) is 3.11 Å². The molecule has 0 N–H and O–H groups in total. The first-order chi connectivity index (χ1) is 4.70. The van der Waals surface area contributed by atoms with Crippen LogP contribution in [0.15, 0.2) is 0 Å². The maximum atomic E-state index is 2.43. The molecule has 3 heteroatoms. The number of rotatable bonds is 0. The fraction of sp³-hybridized carbons (Fsp3) is 1.00. The number of hydrogen-bond donors (Lipinski definition) is 0. The van der Waals surface area contributed by atoms with Gasteiger partial charge in [-0.2, -0.15) is 0 Å². The van der Waals surface area contributed by atoms with Crippen LogP contribution in [-0.2, 0) is 0 Å². The number of likely N-dealkylation sites (N-methyl/N-ethyl adjacent to an activating group) is 1. The smallest absolute Gasteiger partial charge is 0.0209 e. The van der Waals surface area contributed by atoms with Crippen molar-refractivity contribution in [3.05, 3.63) is 0 Å². The van der Waals surface area contributed by atoms with Crippen LogP contribution in [0.4, 0.5) is 0 Å². The summed E-state index contributed by atoms with van der Waals surface area (Å²) in [6, 6.07) is 0.764. The lowest BCUT2D eigenvalue weighted by Crippen LogP contribution is -2.29. The fourth-order valence-corrected chi connectivity index (χ4v) is 1.64. The van der Waals surface area contributed by atoms with Crippen LogP contribution < -0.4 is 0 Å². The van der Waals surface area contributed by atoms with Gasteiger partial charge in [-0.05, 0) is 20.4 Å². The summed E-state index contributed by atoms with van der Waals surface area (Å²) in [4.78, 5) is 2.43. The normalized spacial score (nSPS) is 32.1. The summed E-state index contributed by atoms with van der Waals surface area (Å²) < 4.78 is 2.37. The van der Waals surface area contributed by atoms with Gasteiger partial charge in [0, 0.05) is 48.5 Å². The molecule has 0 aliphatic carbocycles. The maximum Gasteiger partial charge on any atom is 0.0209 e. The van der Waals surface area contributed by atoms with E-state index in [-0.39, 0.29) is 0 Å². The Bertz CT molecular complexity index is 95.8. The van der Waals surface area contributed by atoms with E-state index in [2.05, 4.69) is 44.8 Å². The van der Waals surface area contributed by atoms with Crippen LogP contribution in [0, 0.1) is 0 Å². The molecule has 2 nitrogen and oxygen atoms in total. The van der Waals surface area contributed by atoms with E-state index in [0.717, 1.165) is 6.04 Å². The average molecular weight is 254 g/mol. The van der Waals surface area contributed by atoms with Gasteiger partial charge in [0.2, 0.25) is 0 Å². The molecule has 0 radical (unpaired) electrons. The zero-order valence-corrected chi connectivity index (χ0v) is 8.84. The van der Waals surface area contributed by atoms with Crippen molar-refractivity contribution in [3.63, 3.8) is 0 Å². The standard InChI is InChI=1S/C7H15IN2/c1-7-3-4-10(8)6-5-9(7)2/h7H,3-6H2,1-2H3. The lowest BCUT2D eigenvalue weighted by atomic mass is 10.2. The Morgan fingerprint density at radius 2 is 2.00 bits per heavy atom. The molecule has 60 valence electrons. The number of nitrogens with zero attached hydrogens (tertiary/aromatic N) is 2. The third-order valence-corrected chi connectivity index (χ3v) is 3.20. The molecular formula is C7H15IN2. The van der Waals surface area contributed by atoms with Crippen LogP contribution in [0.25, 0.3) is 0 Å². The van der Waals surface area contributed by atoms with Gasteiger partial charge in [0.15, 0.2) is 0 Å². The van der Waals surface area contributed by atoms with Gasteiger partial charge in [-0.15, -0.1) is 0 Å². The largest absolute Gasteiger partial charge is 0.302 e. The highest BCUT2D eigenvalue weighted by atomic mass is 127. The van der Waals surface area contributed by atoms with Crippen molar-refractivity contribution in [2.24, 2.45) is 0 Å². The molecule has 1 aliphatic heterocycles. The molecule has 0 amide bonds. The van der Waals surface area contributed by atoms with Crippen molar-refractivity contribution >= 4 is 22.9 Å². The van der Waals surface area contributed by atoms with Gasteiger partial charge >= 0.3 is 0 Å². The van der Waals surface area contributed by atoms with E-state index < -0.39 is 0 Å². The van der Waals surface area contributed by atoms with Crippen LogP contribution in [0.2, 0.25) is 0 Å². The molecule has 1 unspecified atom stereocenters. The Balaban J connectivity index is 2.38. The second-order valence-electron chi connectivity index (χ2n) is 3.03. The highest BCUT2D eigenvalue weighted by molar-refractivity contribution is 14.1. The zero-order valence-electron chi connectivity index (χ0n) is 6.68. The average Bonchev–Trinajstić information content (AvgIpc) is 2.04. The summed E-state index contributed by atoms with van der Waals surface area (Å²) in [5.74, 6) is 0. The summed E-state index contributed by atoms with van der Waals surface area (Å²) in [7, 11) is 2.21. The molecule has 0 aromatic rings. The van der Waals surface area contributed by atoms with Crippen molar-refractivity contribution in [3.8, 4) is 0 Å². The Labute approximate surface area is 77.1 Å². The van der Waals surface area contributed by atoms with E-state index in [4.69, 9.17) is 0 Å². The molecule has 1 rings (SSSR count). The molecule has 0 spiro atoms. The monoisotopic (exact) mass is 254 g/mol. The Morgan fingerprint density at radius 1 is 1.30 bits per heavy atom. The Morgan fingerprint density at radius 3 is 2.70 bits per heavy atom. The topological polar surface area (TPSA) is 6.48 Å². The van der Waals surface area contributed by atoms with Crippen LogP contribution >= 0.6 is 22.9 Å². The predicted octanol–water partition coefficient (Wildman–Crippen LogP) is 1.36. The van der Waals surface area contributed by atoms with Crippen molar-refractivity contribution in [1.82, 2.24) is 8.01 Å². The molecule has 1 aliphatic rings. The molecule has 0 saturated carbocycles. The SMILES string of the molecule is CC1CCN(I)CCN1C. The van der Waals surface area contributed by atoms with Crippen molar-refractivity contribution in [2.75, 3.05) is 26.7 Å². The van der Waals surface area contributed by atoms with E-state index in [1.807, 2.05) is 0 Å². The summed E-state index contributed by atoms with van der Waals surface area (Å²) in [6.07, 6.45) is 1.30. The molecule has 0 bridgehead atoms. The van der Waals surface area contributed by atoms with Crippen molar-refractivity contribution in [2.45, 2.75) is 19.4 Å². The first-order valence-electron chi connectivity index (χ1n) is 3.81. The lowest BCUT2D eigenvalue weighted by Gasteiger charge is -2.20. The van der Waals surface area contributed by atoms with E-state index in [0.29, 0.717) is 0 Å². The summed E-state index contributed by atoms with van der Waals surface area (Å²) in [5.41, 5.74) is 0. The molecule has 1 saturated heterocycles. The Hall–Kier alpha value is 0.650. The summed E-state index contributed by atoms with van der Waals surface area (Å²) in [6.45, 7) is 5.97. The third-order valence-electron chi connectivity index (χ3n) is 2.24. The second-order valence-corrected chi connectivity index (χ2v) is 4.39. The zero-order chi connectivity index (χ0) is 7.56. The molecule has 0 aromatic carbocycles. The van der Waals surface area contributed by atoms with Crippen molar-refractivity contribution < 1.29 is 0 Å². The van der Waals surface area contributed by atoms with Crippen LogP contribution in [0.1, 0.15) is 13.3 Å². The van der Waals surface area contributed by atoms with Gasteiger partial charge in [0.1, 0.15) is 0 Å². The minimum atomic E-state index is 0.764. The second kappa shape index (κ2) is 3.88. The predicted molar refractivity (Wildman–Crippen MR) is 52.3 cm³/mol. The van der Waals surface area contributed by atoms with E-state index in [9.17, 15) is 0 Å². The number of hydrogen-bond acceptors (Lipinski definition) is 2. The maximum absolute atomic E-state index is 2.43. The highest BCUT2D eigenvalue weighted by Gasteiger charge is 2.15. The number of halogens is 1. The molecule has 1 heterocycles. The summed E-state index contributed by atoms with van der Waals surface area (Å²) in [5, 5.41) is 0. The highest BCUT2D eigenvalue weighted by Crippen LogP contribution is 2.10. The molecule has 1 fully saturated rings. The fourth-order valence-electron chi connectivity index (χ4n) is 1.15. The first kappa shape index (κ1) is 8.74. The van der Waals surface area contributed by atoms with Crippen LogP contribution in [0.3, 0.4) is 0 Å². The molecular weight excluding hydrogens is 239 g/mol. The van der Waals surface area contributed by atoms with Gasteiger partial charge in [-0.3, -0.25) is 0 Å². The quantitative estimate of drug-likeness (QED) is 0.475. The molecule has 10 heavy (non-hydrogen) atoms. The van der Waals surface area contributed by atoms with E-state index in [1.165, 1.54) is 26.1 Å². The van der Waals surface area contributed by atoms with E-state index in [1.54, 1.807) is 0 Å². The minimum absolute atomic E-state index is 0.764. The summed E-state index contributed by atoms with van der Waals surface area (Å²) >= 11 is 2.41. The minimum Gasteiger partial charge on any atom is -0.302 e. The third kappa shape index (κ3) is 2.36. The van der Waals surface area contributed by atoms with Crippen LogP contribution in [0.5, 0.6) is 0 Å². The van der Waals surface area contributed by atoms with Gasteiger partial charge < -0.3 is 4.90 Å². The Kier molecular flexibility index (Phi) is 3.39. The molecule has 0 aromatic heterocycles. The van der Waals surface area contributed by atoms with Crippen molar-refractivity contribution in [1.29, 1.82) is 0 Å². The van der Waals surface area contributed by atoms with E-state index >= 15 is 0 Å². The molecule has 1 atom stereocenters. The van der Waals surface area contributed by atoms with Crippen LogP contribution in [-0.4, -0.2) is 40.7 Å². The van der Waals surface area contributed by atoms with Gasteiger partial charge in [0.25, 0.3) is 0 Å². The van der Waals surface area contributed by atoms with Gasteiger partial charge in [-0.1, -0.05) is 0 Å². The lowest BCUT2D eigenvalue weighted by molar-refractivity contribution is 0.271.